The Kier molecular flexibility index (Phi) is 9.24. The fourth-order valence-corrected chi connectivity index (χ4v) is 2.18. The third-order valence-corrected chi connectivity index (χ3v) is 3.44. The molecule has 2 N–H and O–H groups in total. The molecule has 0 bridgehead atoms. The van der Waals surface area contributed by atoms with E-state index in [1.807, 2.05) is 18.2 Å². The lowest BCUT2D eigenvalue weighted by atomic mass is 10.0. The maximum Gasteiger partial charge on any atom is 0.0589 e. The second kappa shape index (κ2) is 10.8. The Hall–Kier alpha value is -0.940. The molecule has 1 rings (SSSR count). The summed E-state index contributed by atoms with van der Waals surface area (Å²) in [6, 6.07) is 10.4. The number of nitrogens with zero attached hydrogens (tertiary/aromatic N) is 1. The van der Waals surface area contributed by atoms with Gasteiger partial charge in [0.05, 0.1) is 13.2 Å². The van der Waals surface area contributed by atoms with Gasteiger partial charge in [0.25, 0.3) is 0 Å². The van der Waals surface area contributed by atoms with Crippen molar-refractivity contribution in [2.24, 2.45) is 5.73 Å². The molecule has 0 spiro atoms. The van der Waals surface area contributed by atoms with Crippen molar-refractivity contribution >= 4 is 0 Å². The zero-order valence-electron chi connectivity index (χ0n) is 12.8. The number of hydrogen-bond acceptors (Lipinski definition) is 4. The zero-order chi connectivity index (χ0) is 14.6. The van der Waals surface area contributed by atoms with E-state index >= 15 is 0 Å². The van der Waals surface area contributed by atoms with Gasteiger partial charge in [0.1, 0.15) is 0 Å². The predicted octanol–water partition coefficient (Wildman–Crippen LogP) is 2.06. The minimum Gasteiger partial charge on any atom is -0.383 e. The molecule has 114 valence electrons. The van der Waals surface area contributed by atoms with Crippen LogP contribution in [0.2, 0.25) is 0 Å². The van der Waals surface area contributed by atoms with Gasteiger partial charge in [0, 0.05) is 33.4 Å². The Morgan fingerprint density at radius 1 is 1.00 bits per heavy atom. The van der Waals surface area contributed by atoms with Gasteiger partial charge in [-0.25, -0.2) is 0 Å². The molecule has 1 atom stereocenters. The Labute approximate surface area is 122 Å². The van der Waals surface area contributed by atoms with E-state index in [0.717, 1.165) is 45.7 Å². The van der Waals surface area contributed by atoms with Crippen molar-refractivity contribution in [2.75, 3.05) is 47.1 Å². The average Bonchev–Trinajstić information content (AvgIpc) is 2.50. The van der Waals surface area contributed by atoms with Gasteiger partial charge in [-0.1, -0.05) is 30.3 Å². The maximum atomic E-state index is 6.21. The van der Waals surface area contributed by atoms with E-state index < -0.39 is 0 Å². The summed E-state index contributed by atoms with van der Waals surface area (Å²) in [6.45, 7) is 4.44. The lowest BCUT2D eigenvalue weighted by Crippen LogP contribution is -2.32. The minimum absolute atomic E-state index is 0.128. The number of methoxy groups -OCH3 is 2. The van der Waals surface area contributed by atoms with Crippen LogP contribution in [0.1, 0.15) is 24.4 Å². The summed E-state index contributed by atoms with van der Waals surface area (Å²) in [7, 11) is 3.47. The molecule has 0 amide bonds. The van der Waals surface area contributed by atoms with Crippen molar-refractivity contribution in [3.63, 3.8) is 0 Å². The average molecular weight is 280 g/mol. The Morgan fingerprint density at radius 3 is 2.15 bits per heavy atom. The number of rotatable bonds is 11. The number of benzene rings is 1. The molecule has 0 aromatic heterocycles. The molecule has 1 aromatic rings. The molecule has 0 radical (unpaired) electrons. The quantitative estimate of drug-likeness (QED) is 0.674. The van der Waals surface area contributed by atoms with E-state index in [0.29, 0.717) is 0 Å². The fourth-order valence-electron chi connectivity index (χ4n) is 2.18. The standard InChI is InChI=1S/C16H28N2O2/c1-19-13-11-18(12-14-20-2)10-6-9-16(17)15-7-4-3-5-8-15/h3-5,7-8,16H,6,9-14,17H2,1-2H3. The normalized spacial score (nSPS) is 12.8. The lowest BCUT2D eigenvalue weighted by molar-refractivity contribution is 0.112. The summed E-state index contributed by atoms with van der Waals surface area (Å²) in [5, 5.41) is 0. The van der Waals surface area contributed by atoms with Crippen LogP contribution in [0, 0.1) is 0 Å². The van der Waals surface area contributed by atoms with Crippen LogP contribution in [0.5, 0.6) is 0 Å². The van der Waals surface area contributed by atoms with Crippen LogP contribution in [-0.2, 0) is 9.47 Å². The highest BCUT2D eigenvalue weighted by molar-refractivity contribution is 5.18. The van der Waals surface area contributed by atoms with Crippen LogP contribution in [-0.4, -0.2) is 52.0 Å². The first-order chi connectivity index (χ1) is 9.77. The molecule has 0 saturated carbocycles. The van der Waals surface area contributed by atoms with Gasteiger partial charge < -0.3 is 15.2 Å². The highest BCUT2D eigenvalue weighted by atomic mass is 16.5. The topological polar surface area (TPSA) is 47.7 Å². The molecule has 0 aliphatic heterocycles. The molecule has 4 heteroatoms. The monoisotopic (exact) mass is 280 g/mol. The molecule has 0 fully saturated rings. The molecular weight excluding hydrogens is 252 g/mol. The summed E-state index contributed by atoms with van der Waals surface area (Å²) in [5.74, 6) is 0. The molecule has 0 aliphatic rings. The summed E-state index contributed by atoms with van der Waals surface area (Å²) in [6.07, 6.45) is 2.09. The van der Waals surface area contributed by atoms with Crippen LogP contribution < -0.4 is 5.73 Å². The molecule has 0 aliphatic carbocycles. The minimum atomic E-state index is 0.128. The van der Waals surface area contributed by atoms with Crippen molar-refractivity contribution in [1.82, 2.24) is 4.90 Å². The number of ether oxygens (including phenoxy) is 2. The third-order valence-electron chi connectivity index (χ3n) is 3.44. The van der Waals surface area contributed by atoms with Crippen molar-refractivity contribution in [3.05, 3.63) is 35.9 Å². The summed E-state index contributed by atoms with van der Waals surface area (Å²) in [5.41, 5.74) is 7.43. The van der Waals surface area contributed by atoms with Crippen LogP contribution in [0.3, 0.4) is 0 Å². The van der Waals surface area contributed by atoms with Gasteiger partial charge in [-0.3, -0.25) is 4.90 Å². The van der Waals surface area contributed by atoms with E-state index in [9.17, 15) is 0 Å². The van der Waals surface area contributed by atoms with Crippen LogP contribution in [0.4, 0.5) is 0 Å². The Balaban J connectivity index is 2.28. The first-order valence-corrected chi connectivity index (χ1v) is 7.28. The smallest absolute Gasteiger partial charge is 0.0589 e. The van der Waals surface area contributed by atoms with E-state index in [1.54, 1.807) is 14.2 Å². The molecular formula is C16H28N2O2. The molecule has 0 heterocycles. The van der Waals surface area contributed by atoms with E-state index in [2.05, 4.69) is 17.0 Å². The Bertz CT molecular complexity index is 325. The van der Waals surface area contributed by atoms with Crippen LogP contribution in [0.25, 0.3) is 0 Å². The van der Waals surface area contributed by atoms with E-state index in [4.69, 9.17) is 15.2 Å². The number of nitrogens with two attached hydrogens (primary N) is 1. The molecule has 1 unspecified atom stereocenters. The fraction of sp³-hybridized carbons (Fsp3) is 0.625. The van der Waals surface area contributed by atoms with Crippen LogP contribution >= 0.6 is 0 Å². The number of hydrogen-bond donors (Lipinski definition) is 1. The first-order valence-electron chi connectivity index (χ1n) is 7.28. The molecule has 0 saturated heterocycles. The van der Waals surface area contributed by atoms with Crippen molar-refractivity contribution < 1.29 is 9.47 Å². The van der Waals surface area contributed by atoms with Gasteiger partial charge in [0.2, 0.25) is 0 Å². The Morgan fingerprint density at radius 2 is 1.60 bits per heavy atom. The largest absolute Gasteiger partial charge is 0.383 e. The van der Waals surface area contributed by atoms with Crippen LogP contribution in [0.15, 0.2) is 30.3 Å². The highest BCUT2D eigenvalue weighted by Crippen LogP contribution is 2.15. The van der Waals surface area contributed by atoms with Gasteiger partial charge in [-0.2, -0.15) is 0 Å². The summed E-state index contributed by atoms with van der Waals surface area (Å²) >= 11 is 0. The summed E-state index contributed by atoms with van der Waals surface area (Å²) in [4.78, 5) is 2.37. The predicted molar refractivity (Wildman–Crippen MR) is 82.8 cm³/mol. The van der Waals surface area contributed by atoms with Crippen molar-refractivity contribution in [2.45, 2.75) is 18.9 Å². The maximum absolute atomic E-state index is 6.21. The van der Waals surface area contributed by atoms with Gasteiger partial charge in [0.15, 0.2) is 0 Å². The zero-order valence-corrected chi connectivity index (χ0v) is 12.8. The first kappa shape index (κ1) is 17.1. The highest BCUT2D eigenvalue weighted by Gasteiger charge is 2.08. The lowest BCUT2D eigenvalue weighted by Gasteiger charge is -2.22. The van der Waals surface area contributed by atoms with Crippen molar-refractivity contribution in [3.8, 4) is 0 Å². The third kappa shape index (κ3) is 7.01. The molecule has 4 nitrogen and oxygen atoms in total. The van der Waals surface area contributed by atoms with Gasteiger partial charge >= 0.3 is 0 Å². The van der Waals surface area contributed by atoms with Gasteiger partial charge in [-0.05, 0) is 24.9 Å². The van der Waals surface area contributed by atoms with E-state index in [-0.39, 0.29) is 6.04 Å². The molecule has 1 aromatic carbocycles. The van der Waals surface area contributed by atoms with Crippen molar-refractivity contribution in [1.29, 1.82) is 0 Å². The SMILES string of the molecule is COCCN(CCCC(N)c1ccccc1)CCOC. The summed E-state index contributed by atoms with van der Waals surface area (Å²) < 4.78 is 10.3. The van der Waals surface area contributed by atoms with E-state index in [1.165, 1.54) is 5.56 Å². The molecule has 20 heavy (non-hydrogen) atoms. The second-order valence-corrected chi connectivity index (χ2v) is 4.99. The second-order valence-electron chi connectivity index (χ2n) is 4.99. The van der Waals surface area contributed by atoms with Gasteiger partial charge in [-0.15, -0.1) is 0 Å².